The normalized spacial score (nSPS) is 18.5. The van der Waals surface area contributed by atoms with Gasteiger partial charge in [-0.15, -0.1) is 0 Å². The van der Waals surface area contributed by atoms with Gasteiger partial charge in [0.1, 0.15) is 5.75 Å². The molecule has 2 nitrogen and oxygen atoms in total. The first-order valence-electron chi connectivity index (χ1n) is 8.27. The van der Waals surface area contributed by atoms with Gasteiger partial charge >= 0.3 is 0 Å². The van der Waals surface area contributed by atoms with Gasteiger partial charge in [-0.3, -0.25) is 0 Å². The maximum atomic E-state index is 5.37. The Morgan fingerprint density at radius 2 is 1.95 bits per heavy atom. The van der Waals surface area contributed by atoms with Crippen molar-refractivity contribution < 1.29 is 4.74 Å². The number of nitrogens with one attached hydrogen (secondary N) is 1. The van der Waals surface area contributed by atoms with Crippen molar-refractivity contribution in [3.63, 3.8) is 0 Å². The van der Waals surface area contributed by atoms with Gasteiger partial charge in [0.2, 0.25) is 0 Å². The summed E-state index contributed by atoms with van der Waals surface area (Å²) < 4.78 is 5.37. The van der Waals surface area contributed by atoms with E-state index in [-0.39, 0.29) is 0 Å². The van der Waals surface area contributed by atoms with E-state index in [0.29, 0.717) is 12.1 Å². The summed E-state index contributed by atoms with van der Waals surface area (Å²) in [6, 6.07) is 18.3. The second kappa shape index (κ2) is 6.97. The van der Waals surface area contributed by atoms with Crippen molar-refractivity contribution in [1.82, 2.24) is 5.32 Å². The number of hydrogen-bond acceptors (Lipinski definition) is 2. The highest BCUT2D eigenvalue weighted by atomic mass is 16.5. The molecule has 22 heavy (non-hydrogen) atoms. The van der Waals surface area contributed by atoms with Crippen LogP contribution < -0.4 is 10.1 Å². The van der Waals surface area contributed by atoms with E-state index in [1.165, 1.54) is 23.1 Å². The molecular formula is C20H25NO. The summed E-state index contributed by atoms with van der Waals surface area (Å²) in [5.41, 5.74) is 4.30. The van der Waals surface area contributed by atoms with Gasteiger partial charge in [-0.2, -0.15) is 0 Å². The molecule has 0 bridgehead atoms. The molecule has 1 N–H and O–H groups in total. The van der Waals surface area contributed by atoms with Crippen LogP contribution in [0.15, 0.2) is 48.5 Å². The van der Waals surface area contributed by atoms with Crippen molar-refractivity contribution >= 4 is 0 Å². The molecule has 0 saturated heterocycles. The van der Waals surface area contributed by atoms with E-state index in [4.69, 9.17) is 4.74 Å². The lowest BCUT2D eigenvalue weighted by molar-refractivity contribution is 0.388. The van der Waals surface area contributed by atoms with Crippen LogP contribution in [0.2, 0.25) is 0 Å². The predicted molar refractivity (Wildman–Crippen MR) is 91.4 cm³/mol. The van der Waals surface area contributed by atoms with Crippen LogP contribution in [0.1, 0.15) is 42.5 Å². The highest BCUT2D eigenvalue weighted by molar-refractivity contribution is 5.38. The molecule has 2 aromatic carbocycles. The predicted octanol–water partition coefficient (Wildman–Crippen LogP) is 4.29. The van der Waals surface area contributed by atoms with Crippen LogP contribution in [-0.4, -0.2) is 13.2 Å². The highest BCUT2D eigenvalue weighted by Crippen LogP contribution is 2.27. The average Bonchev–Trinajstić information content (AvgIpc) is 2.59. The zero-order valence-electron chi connectivity index (χ0n) is 13.5. The molecule has 0 amide bonds. The maximum absolute atomic E-state index is 5.37. The Morgan fingerprint density at radius 3 is 2.68 bits per heavy atom. The Morgan fingerprint density at radius 1 is 1.14 bits per heavy atom. The zero-order valence-corrected chi connectivity index (χ0v) is 13.5. The fraction of sp³-hybridized carbons (Fsp3) is 0.400. The molecule has 0 fully saturated rings. The summed E-state index contributed by atoms with van der Waals surface area (Å²) in [6.45, 7) is 2.25. The molecular weight excluding hydrogens is 270 g/mol. The molecule has 2 aromatic rings. The van der Waals surface area contributed by atoms with E-state index in [0.717, 1.165) is 25.0 Å². The number of benzene rings is 2. The van der Waals surface area contributed by atoms with Crippen molar-refractivity contribution in [2.24, 2.45) is 0 Å². The molecule has 2 unspecified atom stereocenters. The van der Waals surface area contributed by atoms with Crippen LogP contribution in [0.25, 0.3) is 0 Å². The first-order valence-corrected chi connectivity index (χ1v) is 8.27. The van der Waals surface area contributed by atoms with E-state index >= 15 is 0 Å². The molecule has 3 rings (SSSR count). The summed E-state index contributed by atoms with van der Waals surface area (Å²) in [5.74, 6) is 0.967. The smallest absolute Gasteiger partial charge is 0.119 e. The monoisotopic (exact) mass is 295 g/mol. The lowest BCUT2D eigenvalue weighted by atomic mass is 9.87. The first-order chi connectivity index (χ1) is 10.8. The number of rotatable bonds is 5. The molecule has 0 saturated carbocycles. The number of fused-ring (bicyclic) bond motifs is 1. The van der Waals surface area contributed by atoms with E-state index in [2.05, 4.69) is 60.8 Å². The lowest BCUT2D eigenvalue weighted by Gasteiger charge is -2.30. The van der Waals surface area contributed by atoms with E-state index in [1.54, 1.807) is 7.11 Å². The zero-order chi connectivity index (χ0) is 15.4. The fourth-order valence-electron chi connectivity index (χ4n) is 3.42. The lowest BCUT2D eigenvalue weighted by Crippen LogP contribution is -2.37. The van der Waals surface area contributed by atoms with E-state index < -0.39 is 0 Å². The molecule has 116 valence electrons. The fourth-order valence-corrected chi connectivity index (χ4v) is 3.42. The van der Waals surface area contributed by atoms with Crippen molar-refractivity contribution in [3.8, 4) is 5.75 Å². The minimum atomic E-state index is 0.443. The second-order valence-electron chi connectivity index (χ2n) is 6.11. The second-order valence-corrected chi connectivity index (χ2v) is 6.11. The molecule has 0 aromatic heterocycles. The Hall–Kier alpha value is -1.80. The van der Waals surface area contributed by atoms with Gasteiger partial charge < -0.3 is 10.1 Å². The van der Waals surface area contributed by atoms with Gasteiger partial charge in [-0.1, -0.05) is 43.3 Å². The first kappa shape index (κ1) is 15.1. The minimum Gasteiger partial charge on any atom is -0.497 e. The largest absolute Gasteiger partial charge is 0.497 e. The number of ether oxygens (including phenoxy) is 1. The van der Waals surface area contributed by atoms with Gasteiger partial charge in [0.05, 0.1) is 7.11 Å². The van der Waals surface area contributed by atoms with Crippen molar-refractivity contribution in [3.05, 3.63) is 65.2 Å². The van der Waals surface area contributed by atoms with Crippen LogP contribution in [0, 0.1) is 0 Å². The van der Waals surface area contributed by atoms with Crippen molar-refractivity contribution in [2.75, 3.05) is 7.11 Å². The topological polar surface area (TPSA) is 21.3 Å². The van der Waals surface area contributed by atoms with E-state index in [1.807, 2.05) is 0 Å². The molecule has 1 aliphatic rings. The van der Waals surface area contributed by atoms with Gasteiger partial charge in [0.15, 0.2) is 0 Å². The molecule has 0 aliphatic heterocycles. The summed E-state index contributed by atoms with van der Waals surface area (Å²) in [7, 11) is 1.74. The summed E-state index contributed by atoms with van der Waals surface area (Å²) in [5, 5.41) is 3.86. The van der Waals surface area contributed by atoms with Gasteiger partial charge in [0.25, 0.3) is 0 Å². The van der Waals surface area contributed by atoms with Crippen LogP contribution in [0.3, 0.4) is 0 Å². The Kier molecular flexibility index (Phi) is 4.79. The maximum Gasteiger partial charge on any atom is 0.119 e. The Balaban J connectivity index is 1.71. The molecule has 2 heteroatoms. The number of hydrogen-bond donors (Lipinski definition) is 1. The van der Waals surface area contributed by atoms with Gasteiger partial charge in [-0.25, -0.2) is 0 Å². The van der Waals surface area contributed by atoms with Crippen LogP contribution in [0.4, 0.5) is 0 Å². The van der Waals surface area contributed by atoms with Crippen LogP contribution in [0.5, 0.6) is 5.75 Å². The number of aryl methyl sites for hydroxylation is 1. The van der Waals surface area contributed by atoms with Crippen molar-refractivity contribution in [2.45, 2.75) is 44.7 Å². The SMILES string of the molecule is CCC(NC1CCc2ccc(OC)cc2C1)c1ccccc1. The third kappa shape index (κ3) is 3.33. The standard InChI is InChI=1S/C20H25NO/c1-3-20(16-7-5-4-6-8-16)21-18-11-9-15-10-12-19(22-2)14-17(15)13-18/h4-8,10,12,14,18,20-21H,3,9,11,13H2,1-2H3. The molecule has 0 spiro atoms. The molecule has 1 aliphatic carbocycles. The van der Waals surface area contributed by atoms with E-state index in [9.17, 15) is 0 Å². The molecule has 0 radical (unpaired) electrons. The highest BCUT2D eigenvalue weighted by Gasteiger charge is 2.21. The van der Waals surface area contributed by atoms with Crippen LogP contribution in [-0.2, 0) is 12.8 Å². The molecule has 2 atom stereocenters. The quantitative estimate of drug-likeness (QED) is 0.888. The average molecular weight is 295 g/mol. The Bertz CT molecular complexity index is 608. The number of methoxy groups -OCH3 is 1. The third-order valence-electron chi connectivity index (χ3n) is 4.69. The van der Waals surface area contributed by atoms with Gasteiger partial charge in [-0.05, 0) is 54.5 Å². The summed E-state index contributed by atoms with van der Waals surface area (Å²) in [4.78, 5) is 0. The van der Waals surface area contributed by atoms with Crippen molar-refractivity contribution in [1.29, 1.82) is 0 Å². The molecule has 0 heterocycles. The Labute approximate surface area is 133 Å². The van der Waals surface area contributed by atoms with Crippen LogP contribution >= 0.6 is 0 Å². The van der Waals surface area contributed by atoms with Gasteiger partial charge in [0, 0.05) is 12.1 Å². The summed E-state index contributed by atoms with van der Waals surface area (Å²) >= 11 is 0. The third-order valence-corrected chi connectivity index (χ3v) is 4.69. The summed E-state index contributed by atoms with van der Waals surface area (Å²) in [6.07, 6.45) is 4.58. The minimum absolute atomic E-state index is 0.443.